The Morgan fingerprint density at radius 1 is 0.850 bits per heavy atom. The maximum Gasteiger partial charge on any atom is 0.508 e. The fourth-order valence-electron chi connectivity index (χ4n) is 3.70. The molecule has 0 bridgehead atoms. The van der Waals surface area contributed by atoms with Crippen molar-refractivity contribution < 1.29 is 43.2 Å². The van der Waals surface area contributed by atoms with Gasteiger partial charge in [-0.3, -0.25) is 14.4 Å². The first-order valence-corrected chi connectivity index (χ1v) is 14.0. The summed E-state index contributed by atoms with van der Waals surface area (Å²) in [5, 5.41) is 10.1. The molecule has 40 heavy (non-hydrogen) atoms. The third-order valence-electron chi connectivity index (χ3n) is 6.87. The van der Waals surface area contributed by atoms with E-state index in [0.717, 1.165) is 0 Å². The molecule has 0 spiro atoms. The first-order valence-electron chi connectivity index (χ1n) is 14.0. The smallest absolute Gasteiger partial charge is 0.480 e. The predicted molar refractivity (Wildman–Crippen MR) is 150 cm³/mol. The molecule has 1 rings (SSSR count). The Hall–Kier alpha value is -3.14. The maximum absolute atomic E-state index is 12.5. The normalized spacial score (nSPS) is 15.1. The summed E-state index contributed by atoms with van der Waals surface area (Å²) < 4.78 is 21.5. The van der Waals surface area contributed by atoms with Gasteiger partial charge in [-0.15, -0.1) is 0 Å². The van der Waals surface area contributed by atoms with Crippen LogP contribution in [0.4, 0.5) is 4.79 Å². The van der Waals surface area contributed by atoms with Crippen LogP contribution in [0.15, 0.2) is 18.2 Å². The molecule has 1 aromatic carbocycles. The van der Waals surface area contributed by atoms with Crippen molar-refractivity contribution in [3.8, 4) is 11.5 Å². The SMILES string of the molecule is CCC(C)OC(=O)O[C@@H](C)[C@@H](C)[C@](N)(Cc1ccc(OC(=O)CCC(C)C)c(OC(=O)CCC(C)C)c1)C(=O)O. The number of hydrogen-bond acceptors (Lipinski definition) is 9. The minimum absolute atomic E-state index is 0.00553. The third kappa shape index (κ3) is 11.5. The average molecular weight is 566 g/mol. The number of benzene rings is 1. The van der Waals surface area contributed by atoms with Crippen molar-refractivity contribution in [3.05, 3.63) is 23.8 Å². The standard InChI is InChI=1S/C30H47NO9/c1-9-20(6)37-29(36)38-22(8)21(7)30(31,28(34)35)17-23-12-13-24(39-26(32)14-10-18(2)3)25(16-23)40-27(33)15-11-19(4)5/h12-13,16,18-22H,9-11,14-15,17,31H2,1-8H3,(H,34,35)/t20?,21-,22+,30-/m1/s1. The highest BCUT2D eigenvalue weighted by atomic mass is 16.7. The van der Waals surface area contributed by atoms with Gasteiger partial charge in [0.25, 0.3) is 0 Å². The molecule has 0 fully saturated rings. The monoisotopic (exact) mass is 565 g/mol. The van der Waals surface area contributed by atoms with Gasteiger partial charge in [0.2, 0.25) is 0 Å². The number of ether oxygens (including phenoxy) is 4. The van der Waals surface area contributed by atoms with E-state index in [2.05, 4.69) is 0 Å². The quantitative estimate of drug-likeness (QED) is 0.189. The van der Waals surface area contributed by atoms with Gasteiger partial charge in [0, 0.05) is 25.2 Å². The van der Waals surface area contributed by atoms with Crippen LogP contribution < -0.4 is 15.2 Å². The molecule has 4 atom stereocenters. The Morgan fingerprint density at radius 3 is 1.85 bits per heavy atom. The molecule has 0 radical (unpaired) electrons. The minimum atomic E-state index is -1.86. The highest BCUT2D eigenvalue weighted by Crippen LogP contribution is 2.33. The number of carbonyl (C=O) groups is 4. The molecule has 0 saturated carbocycles. The van der Waals surface area contributed by atoms with E-state index in [-0.39, 0.29) is 42.8 Å². The molecule has 0 aromatic heterocycles. The van der Waals surface area contributed by atoms with Crippen LogP contribution in [0.1, 0.15) is 93.1 Å². The topological polar surface area (TPSA) is 151 Å². The Kier molecular flexibility index (Phi) is 14.1. The number of carbonyl (C=O) groups excluding carboxylic acids is 3. The van der Waals surface area contributed by atoms with Crippen molar-refractivity contribution in [1.82, 2.24) is 0 Å². The number of rotatable bonds is 16. The minimum Gasteiger partial charge on any atom is -0.480 e. The molecule has 1 aromatic rings. The molecule has 10 heteroatoms. The average Bonchev–Trinajstić information content (AvgIpc) is 2.86. The van der Waals surface area contributed by atoms with E-state index in [9.17, 15) is 24.3 Å². The van der Waals surface area contributed by atoms with Gasteiger partial charge in [-0.1, -0.05) is 47.6 Å². The van der Waals surface area contributed by atoms with E-state index in [1.54, 1.807) is 26.8 Å². The van der Waals surface area contributed by atoms with Crippen molar-refractivity contribution in [2.75, 3.05) is 0 Å². The molecule has 0 aliphatic heterocycles. The summed E-state index contributed by atoms with van der Waals surface area (Å²) >= 11 is 0. The van der Waals surface area contributed by atoms with Gasteiger partial charge >= 0.3 is 24.1 Å². The molecule has 0 saturated heterocycles. The number of carboxylic acids is 1. The van der Waals surface area contributed by atoms with E-state index in [0.29, 0.717) is 30.7 Å². The molecule has 1 unspecified atom stereocenters. The van der Waals surface area contributed by atoms with Crippen LogP contribution in [0.25, 0.3) is 0 Å². The molecule has 0 aliphatic carbocycles. The van der Waals surface area contributed by atoms with E-state index >= 15 is 0 Å². The van der Waals surface area contributed by atoms with Gasteiger partial charge < -0.3 is 29.8 Å². The molecule has 3 N–H and O–H groups in total. The lowest BCUT2D eigenvalue weighted by Gasteiger charge is -2.34. The fourth-order valence-corrected chi connectivity index (χ4v) is 3.70. The Bertz CT molecular complexity index is 1010. The molecule has 226 valence electrons. The molecule has 0 heterocycles. The maximum atomic E-state index is 12.5. The van der Waals surface area contributed by atoms with Crippen LogP contribution in [0.2, 0.25) is 0 Å². The summed E-state index contributed by atoms with van der Waals surface area (Å²) in [4.78, 5) is 49.4. The first-order chi connectivity index (χ1) is 18.6. The van der Waals surface area contributed by atoms with Gasteiger partial charge in [0.1, 0.15) is 17.7 Å². The molecular weight excluding hydrogens is 518 g/mol. The summed E-state index contributed by atoms with van der Waals surface area (Å²) in [6.45, 7) is 14.7. The lowest BCUT2D eigenvalue weighted by molar-refractivity contribution is -0.147. The molecule has 0 aliphatic rings. The van der Waals surface area contributed by atoms with Gasteiger partial charge in [-0.05, 0) is 62.6 Å². The van der Waals surface area contributed by atoms with Crippen LogP contribution in [0.3, 0.4) is 0 Å². The Morgan fingerprint density at radius 2 is 1.38 bits per heavy atom. The second-order valence-corrected chi connectivity index (χ2v) is 11.3. The van der Waals surface area contributed by atoms with E-state index < -0.39 is 41.6 Å². The van der Waals surface area contributed by atoms with Crippen molar-refractivity contribution >= 4 is 24.1 Å². The van der Waals surface area contributed by atoms with E-state index in [1.807, 2.05) is 34.6 Å². The van der Waals surface area contributed by atoms with Crippen molar-refractivity contribution in [2.45, 2.75) is 112 Å². The zero-order valence-corrected chi connectivity index (χ0v) is 25.2. The number of esters is 2. The van der Waals surface area contributed by atoms with E-state index in [4.69, 9.17) is 24.7 Å². The summed E-state index contributed by atoms with van der Waals surface area (Å²) in [7, 11) is 0. The molecule has 0 amide bonds. The second kappa shape index (κ2) is 16.2. The van der Waals surface area contributed by atoms with Gasteiger partial charge in [-0.2, -0.15) is 0 Å². The lowest BCUT2D eigenvalue weighted by atomic mass is 9.78. The summed E-state index contributed by atoms with van der Waals surface area (Å²) in [5.74, 6) is -2.44. The highest BCUT2D eigenvalue weighted by molar-refractivity contribution is 5.80. The highest BCUT2D eigenvalue weighted by Gasteiger charge is 2.44. The zero-order valence-electron chi connectivity index (χ0n) is 25.2. The van der Waals surface area contributed by atoms with Crippen LogP contribution in [-0.2, 0) is 30.3 Å². The Balaban J connectivity index is 3.23. The number of nitrogens with two attached hydrogens (primary N) is 1. The second-order valence-electron chi connectivity index (χ2n) is 11.3. The zero-order chi connectivity index (χ0) is 30.6. The predicted octanol–water partition coefficient (Wildman–Crippen LogP) is 5.67. The number of hydrogen-bond donors (Lipinski definition) is 2. The summed E-state index contributed by atoms with van der Waals surface area (Å²) in [6.07, 6.45) is -0.112. The summed E-state index contributed by atoms with van der Waals surface area (Å²) in [6, 6.07) is 4.48. The largest absolute Gasteiger partial charge is 0.508 e. The van der Waals surface area contributed by atoms with Crippen molar-refractivity contribution in [2.24, 2.45) is 23.5 Å². The van der Waals surface area contributed by atoms with Crippen LogP contribution in [0, 0.1) is 17.8 Å². The van der Waals surface area contributed by atoms with Crippen LogP contribution in [-0.4, -0.2) is 46.9 Å². The van der Waals surface area contributed by atoms with E-state index in [1.165, 1.54) is 12.1 Å². The Labute approximate surface area is 237 Å². The summed E-state index contributed by atoms with van der Waals surface area (Å²) in [5.41, 5.74) is 4.99. The van der Waals surface area contributed by atoms with Gasteiger partial charge in [0.15, 0.2) is 11.5 Å². The van der Waals surface area contributed by atoms with Gasteiger partial charge in [-0.25, -0.2) is 4.79 Å². The lowest BCUT2D eigenvalue weighted by Crippen LogP contribution is -2.58. The molecule has 10 nitrogen and oxygen atoms in total. The van der Waals surface area contributed by atoms with Crippen LogP contribution >= 0.6 is 0 Å². The molecular formula is C30H47NO9. The van der Waals surface area contributed by atoms with Crippen molar-refractivity contribution in [3.63, 3.8) is 0 Å². The number of carboxylic acid groups (broad SMARTS) is 1. The van der Waals surface area contributed by atoms with Gasteiger partial charge in [0.05, 0.1) is 0 Å². The van der Waals surface area contributed by atoms with Crippen molar-refractivity contribution in [1.29, 1.82) is 0 Å². The number of aliphatic carboxylic acids is 1. The van der Waals surface area contributed by atoms with Crippen LogP contribution in [0.5, 0.6) is 11.5 Å². The third-order valence-corrected chi connectivity index (χ3v) is 6.87. The first kappa shape index (κ1) is 34.9. The fraction of sp³-hybridized carbons (Fsp3) is 0.667.